The summed E-state index contributed by atoms with van der Waals surface area (Å²) in [5.74, 6) is 1.06. The second-order valence-electron chi connectivity index (χ2n) is 14.6. The lowest BCUT2D eigenvalue weighted by Gasteiger charge is -2.47. The molecule has 7 rings (SSSR count). The molecule has 1 heterocycles. The highest BCUT2D eigenvalue weighted by molar-refractivity contribution is 5.95. The summed E-state index contributed by atoms with van der Waals surface area (Å²) in [6.45, 7) is 9.61. The predicted octanol–water partition coefficient (Wildman–Crippen LogP) is 8.22. The number of nitrogens with zero attached hydrogens (tertiary/aromatic N) is 1. The second kappa shape index (κ2) is 12.0. The molecule has 0 bridgehead atoms. The molecule has 0 N–H and O–H groups in total. The van der Waals surface area contributed by atoms with E-state index in [2.05, 4.69) is 39.8 Å². The smallest absolute Gasteiger partial charge is 0.338 e. The number of rotatable bonds is 5. The van der Waals surface area contributed by atoms with Gasteiger partial charge in [0.15, 0.2) is 5.78 Å². The van der Waals surface area contributed by atoms with E-state index in [1.807, 2.05) is 59.5 Å². The number of piperidine rings is 1. The molecule has 5 nitrogen and oxygen atoms in total. The Kier molecular flexibility index (Phi) is 7.99. The molecule has 1 saturated carbocycles. The zero-order valence-corrected chi connectivity index (χ0v) is 27.5. The summed E-state index contributed by atoms with van der Waals surface area (Å²) < 4.78 is 6.34. The van der Waals surface area contributed by atoms with E-state index in [4.69, 9.17) is 4.74 Å². The maximum absolute atomic E-state index is 14.2. The van der Waals surface area contributed by atoms with Crippen molar-refractivity contribution >= 4 is 17.7 Å². The molecule has 3 aromatic rings. The zero-order chi connectivity index (χ0) is 32.2. The summed E-state index contributed by atoms with van der Waals surface area (Å²) in [6, 6.07) is 23.0. The molecule has 0 radical (unpaired) electrons. The number of esters is 1. The van der Waals surface area contributed by atoms with Gasteiger partial charge in [-0.2, -0.15) is 0 Å². The first-order valence-corrected chi connectivity index (χ1v) is 17.1. The number of carbonyl (C=O) groups is 3. The van der Waals surface area contributed by atoms with E-state index < -0.39 is 6.10 Å². The molecule has 238 valence electrons. The molecule has 1 aliphatic heterocycles. The molecule has 3 aliphatic carbocycles. The van der Waals surface area contributed by atoms with Crippen LogP contribution in [0.15, 0.2) is 84.4 Å². The Morgan fingerprint density at radius 3 is 2.37 bits per heavy atom. The van der Waals surface area contributed by atoms with Crippen LogP contribution in [0.5, 0.6) is 0 Å². The number of amides is 1. The normalized spacial score (nSPS) is 29.2. The first kappa shape index (κ1) is 30.7. The van der Waals surface area contributed by atoms with Crippen molar-refractivity contribution in [2.24, 2.45) is 17.3 Å². The largest absolute Gasteiger partial charge is 0.457 e. The molecule has 1 amide bonds. The van der Waals surface area contributed by atoms with Crippen LogP contribution < -0.4 is 0 Å². The fraction of sp³-hybridized carbons (Fsp3) is 0.439. The van der Waals surface area contributed by atoms with Crippen molar-refractivity contribution in [2.45, 2.75) is 90.2 Å². The van der Waals surface area contributed by atoms with E-state index in [1.54, 1.807) is 12.1 Å². The monoisotopic (exact) mass is 615 g/mol. The van der Waals surface area contributed by atoms with Crippen molar-refractivity contribution in [3.8, 4) is 0 Å². The first-order chi connectivity index (χ1) is 22.2. The molecule has 2 fully saturated rings. The van der Waals surface area contributed by atoms with Gasteiger partial charge in [-0.25, -0.2) is 4.79 Å². The van der Waals surface area contributed by atoms with Gasteiger partial charge in [-0.05, 0) is 115 Å². The fourth-order valence-electron chi connectivity index (χ4n) is 9.49. The Morgan fingerprint density at radius 2 is 1.65 bits per heavy atom. The minimum Gasteiger partial charge on any atom is -0.457 e. The number of allylic oxidation sites excluding steroid dienone is 2. The van der Waals surface area contributed by atoms with Crippen LogP contribution in [0.4, 0.5) is 0 Å². The lowest BCUT2D eigenvalue weighted by atomic mass is 9.57. The maximum atomic E-state index is 14.2. The predicted molar refractivity (Wildman–Crippen MR) is 180 cm³/mol. The molecule has 0 aromatic heterocycles. The highest BCUT2D eigenvalue weighted by atomic mass is 16.5. The molecule has 0 unspecified atom stereocenters. The van der Waals surface area contributed by atoms with Crippen molar-refractivity contribution in [3.63, 3.8) is 0 Å². The minimum absolute atomic E-state index is 0.0197. The zero-order valence-electron chi connectivity index (χ0n) is 27.5. The molecule has 0 spiro atoms. The van der Waals surface area contributed by atoms with Crippen molar-refractivity contribution in [2.75, 3.05) is 6.54 Å². The number of hydrogen-bond acceptors (Lipinski definition) is 4. The number of ether oxygens (including phenoxy) is 1. The Hall–Kier alpha value is -3.99. The number of ketones is 1. The standard InChI is InChI=1S/C41H45NO4/c1-25-21-37(46-40(45)29-13-9-6-10-14-29)38(42(24-25)39(44)28-11-7-5-8-12-28)27(3)32-17-18-33-34-16-15-30-22-31(43)19-20-41(30,4)36(34)23-35(33)26(32)2/h5-14,17-18,22,25,27,34,36-38H,15-16,19-21,23-24H2,1-4H3/t25-,27-,34-,36-,37+,38-,41-/m0/s1. The average molecular weight is 616 g/mol. The number of fused-ring (bicyclic) bond motifs is 5. The van der Waals surface area contributed by atoms with E-state index in [-0.39, 0.29) is 41.0 Å². The number of hydrogen-bond donors (Lipinski definition) is 0. The molecule has 1 saturated heterocycles. The van der Waals surface area contributed by atoms with Crippen LogP contribution in [-0.2, 0) is 16.0 Å². The van der Waals surface area contributed by atoms with Crippen molar-refractivity contribution < 1.29 is 19.1 Å². The molecular formula is C41H45NO4. The fourth-order valence-corrected chi connectivity index (χ4v) is 9.49. The molecule has 4 aliphatic rings. The summed E-state index contributed by atoms with van der Waals surface area (Å²) in [5.41, 5.74) is 8.05. The quantitative estimate of drug-likeness (QED) is 0.271. The third-order valence-corrected chi connectivity index (χ3v) is 11.9. The van der Waals surface area contributed by atoms with E-state index >= 15 is 0 Å². The Labute approximate surface area is 273 Å². The summed E-state index contributed by atoms with van der Waals surface area (Å²) >= 11 is 0. The molecule has 7 atom stereocenters. The van der Waals surface area contributed by atoms with E-state index in [0.717, 1.165) is 25.7 Å². The number of benzene rings is 3. The molecular weight excluding hydrogens is 570 g/mol. The Morgan fingerprint density at radius 1 is 0.957 bits per heavy atom. The Balaban J connectivity index is 1.25. The molecule has 46 heavy (non-hydrogen) atoms. The number of likely N-dealkylation sites (tertiary alicyclic amines) is 1. The van der Waals surface area contributed by atoms with Crippen LogP contribution in [0.25, 0.3) is 0 Å². The van der Waals surface area contributed by atoms with Gasteiger partial charge in [0.25, 0.3) is 5.91 Å². The highest BCUT2D eigenvalue weighted by Gasteiger charge is 2.51. The van der Waals surface area contributed by atoms with Crippen molar-refractivity contribution in [1.29, 1.82) is 0 Å². The summed E-state index contributed by atoms with van der Waals surface area (Å²) in [6.07, 6.45) is 6.93. The van der Waals surface area contributed by atoms with Gasteiger partial charge in [-0.1, -0.05) is 74.9 Å². The van der Waals surface area contributed by atoms with Crippen molar-refractivity contribution in [1.82, 2.24) is 4.90 Å². The maximum Gasteiger partial charge on any atom is 0.338 e. The lowest BCUT2D eigenvalue weighted by molar-refractivity contribution is -0.116. The Bertz CT molecular complexity index is 1690. The van der Waals surface area contributed by atoms with E-state index in [0.29, 0.717) is 42.3 Å². The van der Waals surface area contributed by atoms with E-state index in [1.165, 1.54) is 27.8 Å². The van der Waals surface area contributed by atoms with Crippen molar-refractivity contribution in [3.05, 3.63) is 118 Å². The third-order valence-electron chi connectivity index (χ3n) is 11.9. The lowest BCUT2D eigenvalue weighted by Crippen LogP contribution is -2.57. The van der Waals surface area contributed by atoms with Gasteiger partial charge in [-0.15, -0.1) is 0 Å². The van der Waals surface area contributed by atoms with Gasteiger partial charge in [0, 0.05) is 24.4 Å². The van der Waals surface area contributed by atoms with Crippen LogP contribution in [-0.4, -0.2) is 41.3 Å². The van der Waals surface area contributed by atoms with Gasteiger partial charge in [0.05, 0.1) is 11.6 Å². The minimum atomic E-state index is -0.444. The molecule has 3 aromatic carbocycles. The average Bonchev–Trinajstić information content (AvgIpc) is 3.46. The van der Waals surface area contributed by atoms with Crippen LogP contribution >= 0.6 is 0 Å². The molecule has 5 heteroatoms. The van der Waals surface area contributed by atoms with E-state index in [9.17, 15) is 14.4 Å². The highest BCUT2D eigenvalue weighted by Crippen LogP contribution is 2.60. The van der Waals surface area contributed by atoms with Crippen LogP contribution in [0, 0.1) is 24.2 Å². The van der Waals surface area contributed by atoms with Crippen LogP contribution in [0.2, 0.25) is 0 Å². The van der Waals surface area contributed by atoms with Gasteiger partial charge >= 0.3 is 5.97 Å². The van der Waals surface area contributed by atoms with Gasteiger partial charge in [0.2, 0.25) is 0 Å². The topological polar surface area (TPSA) is 63.7 Å². The van der Waals surface area contributed by atoms with Gasteiger partial charge < -0.3 is 9.64 Å². The summed E-state index contributed by atoms with van der Waals surface area (Å²) in [5, 5.41) is 0. The summed E-state index contributed by atoms with van der Waals surface area (Å²) in [4.78, 5) is 41.9. The van der Waals surface area contributed by atoms with Crippen LogP contribution in [0.3, 0.4) is 0 Å². The first-order valence-electron chi connectivity index (χ1n) is 17.1. The summed E-state index contributed by atoms with van der Waals surface area (Å²) in [7, 11) is 0. The van der Waals surface area contributed by atoms with Crippen LogP contribution in [0.1, 0.15) is 108 Å². The SMILES string of the molecule is Cc1c([C@H](C)[C@H]2[C@H](OC(=O)c3ccccc3)C[C@H](C)CN2C(=O)c2ccccc2)ccc2c1C[C@H]1[C@H]2CCC2=CC(=O)CC[C@@]21C. The van der Waals surface area contributed by atoms with Gasteiger partial charge in [0.1, 0.15) is 6.10 Å². The number of carbonyl (C=O) groups excluding carboxylic acids is 3. The third kappa shape index (κ3) is 5.22. The van der Waals surface area contributed by atoms with Gasteiger partial charge in [-0.3, -0.25) is 9.59 Å². The second-order valence-corrected chi connectivity index (χ2v) is 14.6.